The van der Waals surface area contributed by atoms with Crippen molar-refractivity contribution in [1.29, 1.82) is 0 Å². The van der Waals surface area contributed by atoms with Crippen molar-refractivity contribution in [2.75, 3.05) is 6.54 Å². The highest BCUT2D eigenvalue weighted by Gasteiger charge is 2.14. The molecule has 1 nitrogen and oxygen atoms in total. The zero-order valence-electron chi connectivity index (χ0n) is 10.7. The highest BCUT2D eigenvalue weighted by Crippen LogP contribution is 2.29. The summed E-state index contributed by atoms with van der Waals surface area (Å²) in [5.41, 5.74) is 1.67. The summed E-state index contributed by atoms with van der Waals surface area (Å²) in [6.45, 7) is 3.36. The van der Waals surface area contributed by atoms with Gasteiger partial charge in [-0.1, -0.05) is 24.6 Å². The third-order valence-corrected chi connectivity index (χ3v) is 4.36. The van der Waals surface area contributed by atoms with E-state index in [1.165, 1.54) is 43.4 Å². The van der Waals surface area contributed by atoms with Crippen LogP contribution in [0.25, 0.3) is 0 Å². The first-order valence-corrected chi connectivity index (χ1v) is 7.73. The molecule has 1 unspecified atom stereocenters. The minimum absolute atomic E-state index is 0.541. The molecule has 0 aliphatic heterocycles. The van der Waals surface area contributed by atoms with Gasteiger partial charge in [0.15, 0.2) is 0 Å². The van der Waals surface area contributed by atoms with Crippen molar-refractivity contribution in [3.05, 3.63) is 34.0 Å². The van der Waals surface area contributed by atoms with E-state index >= 15 is 0 Å². The van der Waals surface area contributed by atoms with Gasteiger partial charge < -0.3 is 5.32 Å². The Morgan fingerprint density at radius 1 is 1.41 bits per heavy atom. The Kier molecular flexibility index (Phi) is 5.27. The first-order valence-electron chi connectivity index (χ1n) is 6.85. The molecule has 2 rings (SSSR count). The van der Waals surface area contributed by atoms with Gasteiger partial charge in [0.1, 0.15) is 0 Å². The van der Waals surface area contributed by atoms with Crippen LogP contribution < -0.4 is 5.32 Å². The van der Waals surface area contributed by atoms with Gasteiger partial charge in [-0.15, -0.1) is 11.3 Å². The second-order valence-corrected chi connectivity index (χ2v) is 5.81. The van der Waals surface area contributed by atoms with Gasteiger partial charge in [-0.25, -0.2) is 0 Å². The third kappa shape index (κ3) is 3.97. The first kappa shape index (κ1) is 12.8. The lowest BCUT2D eigenvalue weighted by molar-refractivity contribution is 0.518. The fraction of sp³-hybridized carbons (Fsp3) is 0.600. The number of hydrogen-bond donors (Lipinski definition) is 1. The maximum Gasteiger partial charge on any atom is 0.0452 e. The monoisotopic (exact) mass is 249 g/mol. The van der Waals surface area contributed by atoms with Crippen LogP contribution in [-0.4, -0.2) is 6.54 Å². The Balaban J connectivity index is 1.97. The Morgan fingerprint density at radius 3 is 3.00 bits per heavy atom. The molecule has 0 saturated carbocycles. The zero-order valence-corrected chi connectivity index (χ0v) is 11.6. The fourth-order valence-corrected chi connectivity index (χ4v) is 3.24. The van der Waals surface area contributed by atoms with E-state index < -0.39 is 0 Å². The van der Waals surface area contributed by atoms with Crippen molar-refractivity contribution >= 4 is 11.3 Å². The molecule has 1 aliphatic rings. The molecule has 2 heteroatoms. The van der Waals surface area contributed by atoms with Gasteiger partial charge in [0.05, 0.1) is 0 Å². The van der Waals surface area contributed by atoms with Crippen LogP contribution in [0.15, 0.2) is 29.2 Å². The molecule has 0 amide bonds. The SMILES string of the molecule is CCCNC(CC1=CCCCC1)c1cccs1. The second kappa shape index (κ2) is 6.97. The standard InChI is InChI=1S/C15H23NS/c1-2-10-16-14(15-9-6-11-17-15)12-13-7-4-3-5-8-13/h6-7,9,11,14,16H,2-5,8,10,12H2,1H3. The van der Waals surface area contributed by atoms with E-state index in [2.05, 4.69) is 35.8 Å². The third-order valence-electron chi connectivity index (χ3n) is 3.38. The molecule has 0 saturated heterocycles. The van der Waals surface area contributed by atoms with Crippen LogP contribution in [0.5, 0.6) is 0 Å². The van der Waals surface area contributed by atoms with E-state index in [1.807, 2.05) is 11.3 Å². The predicted octanol–water partition coefficient (Wildman–Crippen LogP) is 4.68. The Hall–Kier alpha value is -0.600. The van der Waals surface area contributed by atoms with E-state index in [0.717, 1.165) is 6.54 Å². The second-order valence-electron chi connectivity index (χ2n) is 4.83. The molecule has 0 aromatic carbocycles. The summed E-state index contributed by atoms with van der Waals surface area (Å²) in [7, 11) is 0. The minimum atomic E-state index is 0.541. The maximum atomic E-state index is 3.69. The van der Waals surface area contributed by atoms with Gasteiger partial charge in [-0.2, -0.15) is 0 Å². The zero-order chi connectivity index (χ0) is 11.9. The smallest absolute Gasteiger partial charge is 0.0452 e. The maximum absolute atomic E-state index is 3.69. The molecule has 0 bridgehead atoms. The molecule has 94 valence electrons. The molecule has 1 heterocycles. The Morgan fingerprint density at radius 2 is 2.35 bits per heavy atom. The molecule has 0 radical (unpaired) electrons. The topological polar surface area (TPSA) is 12.0 Å². The van der Waals surface area contributed by atoms with Gasteiger partial charge in [-0.3, -0.25) is 0 Å². The first-order chi connectivity index (χ1) is 8.40. The van der Waals surface area contributed by atoms with E-state index in [1.54, 1.807) is 5.57 Å². The van der Waals surface area contributed by atoms with E-state index in [9.17, 15) is 0 Å². The van der Waals surface area contributed by atoms with Crippen LogP contribution in [0.2, 0.25) is 0 Å². The van der Waals surface area contributed by atoms with Crippen molar-refractivity contribution in [3.8, 4) is 0 Å². The van der Waals surface area contributed by atoms with Crippen LogP contribution in [-0.2, 0) is 0 Å². The van der Waals surface area contributed by atoms with Crippen LogP contribution in [0.4, 0.5) is 0 Å². The summed E-state index contributed by atoms with van der Waals surface area (Å²) in [6.07, 6.45) is 10.3. The summed E-state index contributed by atoms with van der Waals surface area (Å²) < 4.78 is 0. The molecule has 0 fully saturated rings. The molecule has 1 aromatic heterocycles. The van der Waals surface area contributed by atoms with Gasteiger partial charge in [0, 0.05) is 10.9 Å². The van der Waals surface area contributed by atoms with E-state index in [4.69, 9.17) is 0 Å². The van der Waals surface area contributed by atoms with Gasteiger partial charge in [0.25, 0.3) is 0 Å². The quantitative estimate of drug-likeness (QED) is 0.722. The lowest BCUT2D eigenvalue weighted by Gasteiger charge is -2.21. The normalized spacial score (nSPS) is 17.8. The number of rotatable bonds is 6. The van der Waals surface area contributed by atoms with Crippen LogP contribution in [0, 0.1) is 0 Å². The predicted molar refractivity (Wildman–Crippen MR) is 76.5 cm³/mol. The summed E-state index contributed by atoms with van der Waals surface area (Å²) in [5.74, 6) is 0. The van der Waals surface area contributed by atoms with Gasteiger partial charge >= 0.3 is 0 Å². The highest BCUT2D eigenvalue weighted by molar-refractivity contribution is 7.10. The van der Waals surface area contributed by atoms with Crippen molar-refractivity contribution in [3.63, 3.8) is 0 Å². The lowest BCUT2D eigenvalue weighted by atomic mass is 9.94. The van der Waals surface area contributed by atoms with Crippen LogP contribution in [0.3, 0.4) is 0 Å². The Labute approximate surface area is 109 Å². The van der Waals surface area contributed by atoms with Crippen LogP contribution >= 0.6 is 11.3 Å². The summed E-state index contributed by atoms with van der Waals surface area (Å²) in [6, 6.07) is 4.97. The van der Waals surface area contributed by atoms with Crippen molar-refractivity contribution < 1.29 is 0 Å². The molecule has 1 N–H and O–H groups in total. The van der Waals surface area contributed by atoms with Gasteiger partial charge in [-0.05, 0) is 56.5 Å². The molecular formula is C15H23NS. The van der Waals surface area contributed by atoms with Crippen LogP contribution in [0.1, 0.15) is 56.4 Å². The minimum Gasteiger partial charge on any atom is -0.309 e. The van der Waals surface area contributed by atoms with Gasteiger partial charge in [0.2, 0.25) is 0 Å². The lowest BCUT2D eigenvalue weighted by Crippen LogP contribution is -2.22. The van der Waals surface area contributed by atoms with E-state index in [-0.39, 0.29) is 0 Å². The average molecular weight is 249 g/mol. The molecule has 17 heavy (non-hydrogen) atoms. The summed E-state index contributed by atoms with van der Waals surface area (Å²) >= 11 is 1.88. The summed E-state index contributed by atoms with van der Waals surface area (Å²) in [4.78, 5) is 1.49. The number of allylic oxidation sites excluding steroid dienone is 1. The molecule has 1 aliphatic carbocycles. The summed E-state index contributed by atoms with van der Waals surface area (Å²) in [5, 5.41) is 5.87. The molecule has 0 spiro atoms. The van der Waals surface area contributed by atoms with Crippen molar-refractivity contribution in [2.24, 2.45) is 0 Å². The number of nitrogens with one attached hydrogen (secondary N) is 1. The van der Waals surface area contributed by atoms with Crippen molar-refractivity contribution in [2.45, 2.75) is 51.5 Å². The Bertz CT molecular complexity index is 340. The molecule has 1 aromatic rings. The highest BCUT2D eigenvalue weighted by atomic mass is 32.1. The largest absolute Gasteiger partial charge is 0.309 e. The van der Waals surface area contributed by atoms with Crippen molar-refractivity contribution in [1.82, 2.24) is 5.32 Å². The molecular weight excluding hydrogens is 226 g/mol. The number of hydrogen-bond acceptors (Lipinski definition) is 2. The molecule has 1 atom stereocenters. The number of thiophene rings is 1. The average Bonchev–Trinajstić information content (AvgIpc) is 2.89. The fourth-order valence-electron chi connectivity index (χ4n) is 2.43. The van der Waals surface area contributed by atoms with E-state index in [0.29, 0.717) is 6.04 Å².